The average molecular weight is 323 g/mol. The van der Waals surface area contributed by atoms with Crippen LogP contribution in [0.1, 0.15) is 78.1 Å². The molecular weight excluding hydrogens is 284 g/mol. The van der Waals surface area contributed by atoms with Crippen molar-refractivity contribution in [2.75, 3.05) is 13.2 Å². The van der Waals surface area contributed by atoms with Gasteiger partial charge in [0.2, 0.25) is 0 Å². The maximum Gasteiger partial charge on any atom is 0.0805 e. The number of rotatable bonds is 16. The fourth-order valence-electron chi connectivity index (χ4n) is 2.33. The molecule has 0 amide bonds. The van der Waals surface area contributed by atoms with Crippen LogP contribution in [0.5, 0.6) is 0 Å². The lowest BCUT2D eigenvalue weighted by Gasteiger charge is -2.14. The van der Waals surface area contributed by atoms with Crippen LogP contribution in [0.15, 0.2) is 36.5 Å². The summed E-state index contributed by atoms with van der Waals surface area (Å²) in [5.74, 6) is 0. The second-order valence-corrected chi connectivity index (χ2v) is 5.96. The highest BCUT2D eigenvalue weighted by Crippen LogP contribution is 2.10. The molecular formula is C21H38O2. The predicted molar refractivity (Wildman–Crippen MR) is 102 cm³/mol. The van der Waals surface area contributed by atoms with E-state index in [9.17, 15) is 5.11 Å². The largest absolute Gasteiger partial charge is 0.394 e. The number of ether oxygens (including phenoxy) is 1. The zero-order chi connectivity index (χ0) is 17.0. The van der Waals surface area contributed by atoms with Crippen LogP contribution < -0.4 is 0 Å². The van der Waals surface area contributed by atoms with Crippen LogP contribution in [0.2, 0.25) is 0 Å². The molecule has 0 aromatic heterocycles. The summed E-state index contributed by atoms with van der Waals surface area (Å²) < 4.78 is 5.58. The van der Waals surface area contributed by atoms with E-state index in [1.165, 1.54) is 25.7 Å². The van der Waals surface area contributed by atoms with Crippen molar-refractivity contribution in [3.05, 3.63) is 36.5 Å². The van der Waals surface area contributed by atoms with E-state index in [0.29, 0.717) is 0 Å². The van der Waals surface area contributed by atoms with Gasteiger partial charge >= 0.3 is 0 Å². The van der Waals surface area contributed by atoms with E-state index < -0.39 is 0 Å². The normalized spacial score (nSPS) is 13.7. The quantitative estimate of drug-likeness (QED) is 0.280. The first-order valence-electron chi connectivity index (χ1n) is 9.52. The minimum absolute atomic E-state index is 0.0498. The van der Waals surface area contributed by atoms with Crippen LogP contribution in [0, 0.1) is 0 Å². The van der Waals surface area contributed by atoms with Gasteiger partial charge in [0, 0.05) is 6.61 Å². The zero-order valence-electron chi connectivity index (χ0n) is 15.4. The molecule has 0 heterocycles. The number of hydrogen-bond donors (Lipinski definition) is 1. The summed E-state index contributed by atoms with van der Waals surface area (Å²) in [6.45, 7) is 5.18. The maximum atomic E-state index is 9.21. The van der Waals surface area contributed by atoms with Crippen LogP contribution >= 0.6 is 0 Å². The molecule has 0 saturated carbocycles. The maximum absolute atomic E-state index is 9.21. The van der Waals surface area contributed by atoms with Crippen LogP contribution in [-0.2, 0) is 4.74 Å². The molecule has 0 radical (unpaired) electrons. The van der Waals surface area contributed by atoms with Gasteiger partial charge in [0.05, 0.1) is 12.7 Å². The predicted octanol–water partition coefficient (Wildman–Crippen LogP) is 5.97. The smallest absolute Gasteiger partial charge is 0.0805 e. The van der Waals surface area contributed by atoms with Crippen LogP contribution in [0.4, 0.5) is 0 Å². The van der Waals surface area contributed by atoms with Gasteiger partial charge in [0.25, 0.3) is 0 Å². The minimum Gasteiger partial charge on any atom is -0.394 e. The monoisotopic (exact) mass is 322 g/mol. The fourth-order valence-corrected chi connectivity index (χ4v) is 2.33. The van der Waals surface area contributed by atoms with Gasteiger partial charge in [-0.3, -0.25) is 0 Å². The summed E-state index contributed by atoms with van der Waals surface area (Å²) in [7, 11) is 0. The Labute approximate surface area is 144 Å². The zero-order valence-corrected chi connectivity index (χ0v) is 15.4. The Morgan fingerprint density at radius 3 is 2.13 bits per heavy atom. The molecule has 0 aliphatic heterocycles. The van der Waals surface area contributed by atoms with E-state index in [4.69, 9.17) is 4.74 Å². The van der Waals surface area contributed by atoms with Gasteiger partial charge in [0.1, 0.15) is 0 Å². The second-order valence-electron chi connectivity index (χ2n) is 5.96. The molecule has 2 heteroatoms. The van der Waals surface area contributed by atoms with E-state index in [-0.39, 0.29) is 12.7 Å². The summed E-state index contributed by atoms with van der Waals surface area (Å²) >= 11 is 0. The Morgan fingerprint density at radius 1 is 0.826 bits per heavy atom. The van der Waals surface area contributed by atoms with E-state index in [2.05, 4.69) is 50.3 Å². The van der Waals surface area contributed by atoms with Crippen molar-refractivity contribution >= 4 is 0 Å². The van der Waals surface area contributed by atoms with E-state index in [1.54, 1.807) is 0 Å². The van der Waals surface area contributed by atoms with Gasteiger partial charge < -0.3 is 9.84 Å². The Bertz CT molecular complexity index is 305. The molecule has 134 valence electrons. The molecule has 1 unspecified atom stereocenters. The SMILES string of the molecule is CC/C=C\C/C=C\C/C=C\CCCCCCC(CO)OCCC. The molecule has 0 aliphatic rings. The molecule has 0 bridgehead atoms. The standard InChI is InChI=1S/C21H38O2/c1-3-5-6-7-8-9-10-11-12-13-14-15-16-17-18-21(20-22)23-19-4-2/h5-6,8-9,11-12,21-22H,3-4,7,10,13-20H2,1-2H3/b6-5-,9-8-,12-11-. The summed E-state index contributed by atoms with van der Waals surface area (Å²) in [5.41, 5.74) is 0. The average Bonchev–Trinajstić information content (AvgIpc) is 2.57. The van der Waals surface area contributed by atoms with E-state index in [1.807, 2.05) is 0 Å². The van der Waals surface area contributed by atoms with Crippen molar-refractivity contribution in [2.45, 2.75) is 84.2 Å². The van der Waals surface area contributed by atoms with Crippen LogP contribution in [0.25, 0.3) is 0 Å². The fraction of sp³-hybridized carbons (Fsp3) is 0.714. The molecule has 0 aromatic carbocycles. The Hall–Kier alpha value is -0.860. The summed E-state index contributed by atoms with van der Waals surface area (Å²) in [5, 5.41) is 9.21. The number of hydrogen-bond acceptors (Lipinski definition) is 2. The third-order valence-electron chi connectivity index (χ3n) is 3.69. The van der Waals surface area contributed by atoms with Crippen molar-refractivity contribution in [3.63, 3.8) is 0 Å². The number of allylic oxidation sites excluding steroid dienone is 6. The van der Waals surface area contributed by atoms with Gasteiger partial charge in [-0.05, 0) is 44.9 Å². The molecule has 23 heavy (non-hydrogen) atoms. The molecule has 1 N–H and O–H groups in total. The number of aliphatic hydroxyl groups is 1. The highest BCUT2D eigenvalue weighted by molar-refractivity contribution is 4.96. The lowest BCUT2D eigenvalue weighted by molar-refractivity contribution is 0.00707. The topological polar surface area (TPSA) is 29.5 Å². The number of unbranched alkanes of at least 4 members (excludes halogenated alkanes) is 4. The third-order valence-corrected chi connectivity index (χ3v) is 3.69. The Kier molecular flexibility index (Phi) is 18.5. The first-order valence-corrected chi connectivity index (χ1v) is 9.52. The van der Waals surface area contributed by atoms with Crippen molar-refractivity contribution in [3.8, 4) is 0 Å². The third kappa shape index (κ3) is 17.3. The van der Waals surface area contributed by atoms with Gasteiger partial charge in [0.15, 0.2) is 0 Å². The molecule has 0 aromatic rings. The van der Waals surface area contributed by atoms with Gasteiger partial charge in [-0.15, -0.1) is 0 Å². The molecule has 0 saturated heterocycles. The molecule has 0 fully saturated rings. The van der Waals surface area contributed by atoms with Crippen molar-refractivity contribution < 1.29 is 9.84 Å². The van der Waals surface area contributed by atoms with E-state index in [0.717, 1.165) is 45.1 Å². The lowest BCUT2D eigenvalue weighted by atomic mass is 10.1. The van der Waals surface area contributed by atoms with Crippen molar-refractivity contribution in [1.82, 2.24) is 0 Å². The first-order chi connectivity index (χ1) is 11.3. The summed E-state index contributed by atoms with van der Waals surface area (Å²) in [4.78, 5) is 0. The van der Waals surface area contributed by atoms with Crippen molar-refractivity contribution in [1.29, 1.82) is 0 Å². The summed E-state index contributed by atoms with van der Waals surface area (Å²) in [6.07, 6.45) is 24.9. The molecule has 0 spiro atoms. The van der Waals surface area contributed by atoms with E-state index >= 15 is 0 Å². The Balaban J connectivity index is 3.37. The Morgan fingerprint density at radius 2 is 1.48 bits per heavy atom. The molecule has 2 nitrogen and oxygen atoms in total. The van der Waals surface area contributed by atoms with Gasteiger partial charge in [-0.1, -0.05) is 69.6 Å². The molecule has 0 rings (SSSR count). The lowest BCUT2D eigenvalue weighted by Crippen LogP contribution is -2.18. The highest BCUT2D eigenvalue weighted by Gasteiger charge is 2.06. The first kappa shape index (κ1) is 22.1. The second kappa shape index (κ2) is 19.2. The van der Waals surface area contributed by atoms with Gasteiger partial charge in [-0.25, -0.2) is 0 Å². The minimum atomic E-state index is 0.0498. The van der Waals surface area contributed by atoms with Gasteiger partial charge in [-0.2, -0.15) is 0 Å². The van der Waals surface area contributed by atoms with Crippen LogP contribution in [0.3, 0.4) is 0 Å². The van der Waals surface area contributed by atoms with Crippen molar-refractivity contribution in [2.24, 2.45) is 0 Å². The highest BCUT2D eigenvalue weighted by atomic mass is 16.5. The number of aliphatic hydroxyl groups excluding tert-OH is 1. The summed E-state index contributed by atoms with van der Waals surface area (Å²) in [6, 6.07) is 0. The molecule has 0 aliphatic carbocycles. The molecule has 1 atom stereocenters. The van der Waals surface area contributed by atoms with Crippen LogP contribution in [-0.4, -0.2) is 24.4 Å².